The van der Waals surface area contributed by atoms with Gasteiger partial charge in [-0.15, -0.1) is 11.3 Å². The maximum Gasteiger partial charge on any atom is 0.228 e. The molecule has 5 nitrogen and oxygen atoms in total. The molecule has 1 N–H and O–H groups in total. The van der Waals surface area contributed by atoms with Crippen molar-refractivity contribution < 1.29 is 4.79 Å². The molecule has 2 aromatic heterocycles. The van der Waals surface area contributed by atoms with E-state index < -0.39 is 0 Å². The van der Waals surface area contributed by atoms with E-state index in [1.807, 2.05) is 26.1 Å². The van der Waals surface area contributed by atoms with Crippen LogP contribution in [0.3, 0.4) is 0 Å². The fourth-order valence-electron chi connectivity index (χ4n) is 1.88. The number of aryl methyl sites for hydroxylation is 2. The lowest BCUT2D eigenvalue weighted by Crippen LogP contribution is -2.17. The van der Waals surface area contributed by atoms with Crippen molar-refractivity contribution in [3.05, 3.63) is 29.0 Å². The van der Waals surface area contributed by atoms with E-state index in [9.17, 15) is 4.79 Å². The zero-order chi connectivity index (χ0) is 13.8. The van der Waals surface area contributed by atoms with Gasteiger partial charge < -0.3 is 5.32 Å². The second-order valence-electron chi connectivity index (χ2n) is 4.46. The Hall–Kier alpha value is -1.69. The number of carbonyl (C=O) groups is 1. The number of amides is 1. The Balaban J connectivity index is 1.93. The van der Waals surface area contributed by atoms with E-state index in [2.05, 4.69) is 22.3 Å². The first-order valence-electron chi connectivity index (χ1n) is 6.35. The molecule has 6 heteroatoms. The zero-order valence-electron chi connectivity index (χ0n) is 11.4. The molecule has 1 unspecified atom stereocenters. The van der Waals surface area contributed by atoms with Crippen molar-refractivity contribution in [1.29, 1.82) is 0 Å². The van der Waals surface area contributed by atoms with Crippen LogP contribution in [0, 0.1) is 6.92 Å². The van der Waals surface area contributed by atoms with Crippen LogP contribution in [0.15, 0.2) is 18.5 Å². The molecule has 0 bridgehead atoms. The van der Waals surface area contributed by atoms with Crippen LogP contribution < -0.4 is 5.32 Å². The molecule has 2 rings (SSSR count). The Morgan fingerprint density at radius 3 is 2.95 bits per heavy atom. The van der Waals surface area contributed by atoms with Gasteiger partial charge in [-0.25, -0.2) is 4.98 Å². The summed E-state index contributed by atoms with van der Waals surface area (Å²) in [6.45, 7) is 6.06. The number of hydrogen-bond donors (Lipinski definition) is 1. The summed E-state index contributed by atoms with van der Waals surface area (Å²) in [5.74, 6) is -0.0283. The molecule has 0 spiro atoms. The first-order valence-corrected chi connectivity index (χ1v) is 7.17. The molecule has 1 amide bonds. The molecule has 0 saturated carbocycles. The van der Waals surface area contributed by atoms with Gasteiger partial charge in [0, 0.05) is 23.7 Å². The predicted molar refractivity (Wildman–Crippen MR) is 76.4 cm³/mol. The highest BCUT2D eigenvalue weighted by Gasteiger charge is 2.13. The molecule has 1 atom stereocenters. The normalized spacial score (nSPS) is 12.4. The minimum absolute atomic E-state index is 0.0283. The molecule has 0 saturated heterocycles. The average molecular weight is 278 g/mol. The van der Waals surface area contributed by atoms with Crippen LogP contribution in [-0.2, 0) is 11.2 Å². The molecular weight excluding hydrogens is 260 g/mol. The fourth-order valence-corrected chi connectivity index (χ4v) is 2.80. The summed E-state index contributed by atoms with van der Waals surface area (Å²) < 4.78 is 1.78. The third-order valence-electron chi connectivity index (χ3n) is 2.93. The number of nitrogens with one attached hydrogen (secondary N) is 1. The van der Waals surface area contributed by atoms with Crippen molar-refractivity contribution >= 4 is 22.4 Å². The number of hydrogen-bond acceptors (Lipinski definition) is 4. The quantitative estimate of drug-likeness (QED) is 0.915. The molecule has 19 heavy (non-hydrogen) atoms. The second-order valence-corrected chi connectivity index (χ2v) is 5.67. The van der Waals surface area contributed by atoms with Crippen molar-refractivity contribution in [2.75, 3.05) is 5.32 Å². The molecule has 102 valence electrons. The summed E-state index contributed by atoms with van der Waals surface area (Å²) in [6.07, 6.45) is 4.86. The van der Waals surface area contributed by atoms with Crippen LogP contribution in [0.2, 0.25) is 0 Å². The van der Waals surface area contributed by atoms with E-state index in [0.29, 0.717) is 11.6 Å². The third kappa shape index (κ3) is 3.41. The monoisotopic (exact) mass is 278 g/mol. The Kier molecular flexibility index (Phi) is 4.31. The highest BCUT2D eigenvalue weighted by molar-refractivity contribution is 7.15. The van der Waals surface area contributed by atoms with Gasteiger partial charge in [-0.3, -0.25) is 9.48 Å². The predicted octanol–water partition coefficient (Wildman–Crippen LogP) is 2.80. The topological polar surface area (TPSA) is 59.8 Å². The van der Waals surface area contributed by atoms with E-state index in [-0.39, 0.29) is 11.9 Å². The lowest BCUT2D eigenvalue weighted by molar-refractivity contribution is -0.116. The van der Waals surface area contributed by atoms with E-state index in [1.54, 1.807) is 10.9 Å². The Morgan fingerprint density at radius 2 is 2.37 bits per heavy atom. The van der Waals surface area contributed by atoms with E-state index >= 15 is 0 Å². The van der Waals surface area contributed by atoms with Gasteiger partial charge in [0.05, 0.1) is 11.7 Å². The Bertz CT molecular complexity index is 547. The van der Waals surface area contributed by atoms with Crippen LogP contribution in [0.5, 0.6) is 0 Å². The summed E-state index contributed by atoms with van der Waals surface area (Å²) in [6, 6.07) is 1.90. The standard InChI is InChI=1S/C13H18N4OS/c1-4-11-10(3)19-13(15-11)16-12(18)8-9(2)17-7-5-6-14-17/h5-7,9H,4,8H2,1-3H3,(H,15,16,18). The smallest absolute Gasteiger partial charge is 0.228 e. The maximum absolute atomic E-state index is 11.9. The minimum Gasteiger partial charge on any atom is -0.302 e. The highest BCUT2D eigenvalue weighted by Crippen LogP contribution is 2.23. The molecule has 0 radical (unpaired) electrons. The highest BCUT2D eigenvalue weighted by atomic mass is 32.1. The summed E-state index contributed by atoms with van der Waals surface area (Å²) in [7, 11) is 0. The Morgan fingerprint density at radius 1 is 1.58 bits per heavy atom. The summed E-state index contributed by atoms with van der Waals surface area (Å²) in [5.41, 5.74) is 1.06. The van der Waals surface area contributed by atoms with Gasteiger partial charge >= 0.3 is 0 Å². The Labute approximate surface area is 116 Å². The largest absolute Gasteiger partial charge is 0.302 e. The number of aromatic nitrogens is 3. The third-order valence-corrected chi connectivity index (χ3v) is 3.86. The van der Waals surface area contributed by atoms with Gasteiger partial charge in [0.15, 0.2) is 5.13 Å². The van der Waals surface area contributed by atoms with Gasteiger partial charge in [0.25, 0.3) is 0 Å². The first kappa shape index (κ1) is 13.7. The molecule has 2 heterocycles. The van der Waals surface area contributed by atoms with Crippen LogP contribution in [0.25, 0.3) is 0 Å². The minimum atomic E-state index is -0.0283. The molecule has 0 aromatic carbocycles. The van der Waals surface area contributed by atoms with Crippen molar-refractivity contribution in [3.63, 3.8) is 0 Å². The number of carbonyl (C=O) groups excluding carboxylic acids is 1. The summed E-state index contributed by atoms with van der Waals surface area (Å²) in [5, 5.41) is 7.68. The summed E-state index contributed by atoms with van der Waals surface area (Å²) >= 11 is 1.53. The van der Waals surface area contributed by atoms with Crippen molar-refractivity contribution in [1.82, 2.24) is 14.8 Å². The molecule has 2 aromatic rings. The van der Waals surface area contributed by atoms with Gasteiger partial charge in [-0.05, 0) is 26.3 Å². The van der Waals surface area contributed by atoms with E-state index in [0.717, 1.165) is 17.0 Å². The summed E-state index contributed by atoms with van der Waals surface area (Å²) in [4.78, 5) is 17.5. The van der Waals surface area contributed by atoms with Crippen molar-refractivity contribution in [2.24, 2.45) is 0 Å². The maximum atomic E-state index is 11.9. The number of rotatable bonds is 5. The van der Waals surface area contributed by atoms with Gasteiger partial charge in [-0.2, -0.15) is 5.10 Å². The van der Waals surface area contributed by atoms with E-state index in [4.69, 9.17) is 0 Å². The van der Waals surface area contributed by atoms with Crippen LogP contribution in [-0.4, -0.2) is 20.7 Å². The molecule has 0 aliphatic carbocycles. The molecule has 0 fully saturated rings. The number of nitrogens with zero attached hydrogens (tertiary/aromatic N) is 3. The molecule has 0 aliphatic rings. The zero-order valence-corrected chi connectivity index (χ0v) is 12.2. The van der Waals surface area contributed by atoms with Crippen LogP contribution in [0.4, 0.5) is 5.13 Å². The van der Waals surface area contributed by atoms with Crippen molar-refractivity contribution in [3.8, 4) is 0 Å². The van der Waals surface area contributed by atoms with Crippen molar-refractivity contribution in [2.45, 2.75) is 39.7 Å². The van der Waals surface area contributed by atoms with Crippen LogP contribution in [0.1, 0.15) is 36.9 Å². The lowest BCUT2D eigenvalue weighted by Gasteiger charge is -2.10. The molecular formula is C13H18N4OS. The second kappa shape index (κ2) is 5.97. The number of anilines is 1. The average Bonchev–Trinajstić information content (AvgIpc) is 2.98. The lowest BCUT2D eigenvalue weighted by atomic mass is 10.2. The first-order chi connectivity index (χ1) is 9.10. The van der Waals surface area contributed by atoms with Gasteiger partial charge in [0.2, 0.25) is 5.91 Å². The number of thiazole rings is 1. The molecule has 0 aliphatic heterocycles. The van der Waals surface area contributed by atoms with Crippen LogP contribution >= 0.6 is 11.3 Å². The van der Waals surface area contributed by atoms with Gasteiger partial charge in [0.1, 0.15) is 0 Å². The fraction of sp³-hybridized carbons (Fsp3) is 0.462. The van der Waals surface area contributed by atoms with E-state index in [1.165, 1.54) is 11.3 Å². The van der Waals surface area contributed by atoms with Gasteiger partial charge in [-0.1, -0.05) is 6.92 Å². The SMILES string of the molecule is CCc1nc(NC(=O)CC(C)n2cccn2)sc1C.